The van der Waals surface area contributed by atoms with Crippen LogP contribution in [0.15, 0.2) is 48.5 Å². The number of rotatable bonds is 3. The zero-order chi connectivity index (χ0) is 22.9. The normalized spacial score (nSPS) is 22.9. The standard InChI is InChI=1S/C25H29FN2O4/c1-25(2,3)32-24(30)27-19-14-21(31-15-19)23(29)28-13-12-16-6-4-5-7-20(16)22(28)17-8-10-18(26)11-9-17/h4-11,19,21-22H,12-15H2,1-3H3,(H,27,30)/t19-,21-,22+/m1/s1. The van der Waals surface area contributed by atoms with Gasteiger partial charge in [0.25, 0.3) is 5.91 Å². The minimum atomic E-state index is -0.650. The largest absolute Gasteiger partial charge is 0.444 e. The Balaban J connectivity index is 1.51. The van der Waals surface area contributed by atoms with Crippen molar-refractivity contribution in [2.45, 2.75) is 57.4 Å². The molecule has 2 aliphatic rings. The molecule has 7 heteroatoms. The number of nitrogens with zero attached hydrogens (tertiary/aromatic N) is 1. The highest BCUT2D eigenvalue weighted by Gasteiger charge is 2.39. The van der Waals surface area contributed by atoms with Gasteiger partial charge in [-0.1, -0.05) is 36.4 Å². The van der Waals surface area contributed by atoms with Crippen LogP contribution in [0.5, 0.6) is 0 Å². The summed E-state index contributed by atoms with van der Waals surface area (Å²) in [7, 11) is 0. The van der Waals surface area contributed by atoms with Crippen LogP contribution < -0.4 is 5.32 Å². The Kier molecular flexibility index (Phi) is 6.20. The molecule has 0 bridgehead atoms. The molecule has 2 heterocycles. The second-order valence-electron chi connectivity index (χ2n) is 9.34. The van der Waals surface area contributed by atoms with E-state index in [2.05, 4.69) is 11.4 Å². The molecule has 32 heavy (non-hydrogen) atoms. The van der Waals surface area contributed by atoms with Crippen molar-refractivity contribution in [3.8, 4) is 0 Å². The Morgan fingerprint density at radius 1 is 1.12 bits per heavy atom. The Hall–Kier alpha value is -2.93. The quantitative estimate of drug-likeness (QED) is 0.784. The van der Waals surface area contributed by atoms with Crippen LogP contribution in [0.25, 0.3) is 0 Å². The molecule has 1 fully saturated rings. The molecule has 2 aromatic carbocycles. The lowest BCUT2D eigenvalue weighted by Gasteiger charge is -2.39. The van der Waals surface area contributed by atoms with Crippen LogP contribution in [0.3, 0.4) is 0 Å². The SMILES string of the molecule is CC(C)(C)OC(=O)N[C@H]1CO[C@@H](C(=O)N2CCc3ccccc3[C@@H]2c2ccc(F)cc2)C1. The van der Waals surface area contributed by atoms with Crippen LogP contribution in [0, 0.1) is 5.82 Å². The molecule has 2 aromatic rings. The Bertz CT molecular complexity index is 986. The van der Waals surface area contributed by atoms with E-state index in [1.54, 1.807) is 32.9 Å². The predicted octanol–water partition coefficient (Wildman–Crippen LogP) is 3.98. The van der Waals surface area contributed by atoms with Gasteiger partial charge < -0.3 is 19.7 Å². The zero-order valence-electron chi connectivity index (χ0n) is 18.6. The van der Waals surface area contributed by atoms with Crippen LogP contribution >= 0.6 is 0 Å². The summed E-state index contributed by atoms with van der Waals surface area (Å²) in [5, 5.41) is 2.79. The fraction of sp³-hybridized carbons (Fsp3) is 0.440. The summed E-state index contributed by atoms with van der Waals surface area (Å²) < 4.78 is 24.6. The zero-order valence-corrected chi connectivity index (χ0v) is 18.6. The van der Waals surface area contributed by atoms with Gasteiger partial charge in [-0.25, -0.2) is 9.18 Å². The van der Waals surface area contributed by atoms with Crippen molar-refractivity contribution in [1.29, 1.82) is 0 Å². The maximum absolute atomic E-state index is 13.6. The van der Waals surface area contributed by atoms with E-state index in [1.807, 2.05) is 23.1 Å². The Labute approximate surface area is 187 Å². The van der Waals surface area contributed by atoms with Gasteiger partial charge in [-0.2, -0.15) is 0 Å². The Morgan fingerprint density at radius 2 is 1.84 bits per heavy atom. The van der Waals surface area contributed by atoms with Gasteiger partial charge in [0.2, 0.25) is 0 Å². The van der Waals surface area contributed by atoms with Crippen molar-refractivity contribution >= 4 is 12.0 Å². The number of benzene rings is 2. The smallest absolute Gasteiger partial charge is 0.407 e. The van der Waals surface area contributed by atoms with Crippen molar-refractivity contribution in [2.75, 3.05) is 13.2 Å². The molecule has 0 radical (unpaired) electrons. The van der Waals surface area contributed by atoms with E-state index in [9.17, 15) is 14.0 Å². The van der Waals surface area contributed by atoms with Gasteiger partial charge in [-0.15, -0.1) is 0 Å². The predicted molar refractivity (Wildman–Crippen MR) is 118 cm³/mol. The molecule has 6 nitrogen and oxygen atoms in total. The molecule has 1 saturated heterocycles. The van der Waals surface area contributed by atoms with Crippen LogP contribution in [-0.4, -0.2) is 47.8 Å². The molecule has 0 aromatic heterocycles. The summed E-state index contributed by atoms with van der Waals surface area (Å²) in [6, 6.07) is 13.7. The third-order valence-corrected chi connectivity index (χ3v) is 5.75. The summed E-state index contributed by atoms with van der Waals surface area (Å²) in [6.07, 6.45) is -0.0448. The van der Waals surface area contributed by atoms with Crippen molar-refractivity contribution in [3.05, 3.63) is 71.0 Å². The van der Waals surface area contributed by atoms with Crippen LogP contribution in [0.1, 0.15) is 49.9 Å². The van der Waals surface area contributed by atoms with Gasteiger partial charge in [-0.05, 0) is 56.0 Å². The molecule has 2 amide bonds. The van der Waals surface area contributed by atoms with E-state index in [0.29, 0.717) is 13.0 Å². The number of ether oxygens (including phenoxy) is 2. The summed E-state index contributed by atoms with van der Waals surface area (Å²) in [6.45, 7) is 6.19. The first kappa shape index (κ1) is 22.3. The van der Waals surface area contributed by atoms with Gasteiger partial charge in [0.15, 0.2) is 0 Å². The molecule has 0 aliphatic carbocycles. The van der Waals surface area contributed by atoms with E-state index >= 15 is 0 Å². The number of amides is 2. The van der Waals surface area contributed by atoms with Gasteiger partial charge in [0.05, 0.1) is 18.7 Å². The summed E-state index contributed by atoms with van der Waals surface area (Å²) in [5.41, 5.74) is 2.48. The van der Waals surface area contributed by atoms with Crippen LogP contribution in [0.4, 0.5) is 9.18 Å². The minimum absolute atomic E-state index is 0.123. The average Bonchev–Trinajstić information content (AvgIpc) is 3.20. The topological polar surface area (TPSA) is 67.9 Å². The lowest BCUT2D eigenvalue weighted by molar-refractivity contribution is -0.143. The highest BCUT2D eigenvalue weighted by atomic mass is 19.1. The van der Waals surface area contributed by atoms with E-state index in [-0.39, 0.29) is 30.4 Å². The van der Waals surface area contributed by atoms with Gasteiger partial charge >= 0.3 is 6.09 Å². The number of alkyl carbamates (subject to hydrolysis) is 1. The highest BCUT2D eigenvalue weighted by Crippen LogP contribution is 2.36. The van der Waals surface area contributed by atoms with E-state index < -0.39 is 17.8 Å². The maximum atomic E-state index is 13.6. The number of nitrogens with one attached hydrogen (secondary N) is 1. The fourth-order valence-corrected chi connectivity index (χ4v) is 4.37. The second-order valence-corrected chi connectivity index (χ2v) is 9.34. The first-order valence-corrected chi connectivity index (χ1v) is 11.0. The highest BCUT2D eigenvalue weighted by molar-refractivity contribution is 5.83. The van der Waals surface area contributed by atoms with E-state index in [1.165, 1.54) is 17.7 Å². The summed E-state index contributed by atoms with van der Waals surface area (Å²) >= 11 is 0. The molecule has 1 N–H and O–H groups in total. The number of hydrogen-bond acceptors (Lipinski definition) is 4. The van der Waals surface area contributed by atoms with Crippen molar-refractivity contribution in [1.82, 2.24) is 10.2 Å². The molecule has 0 unspecified atom stereocenters. The fourth-order valence-electron chi connectivity index (χ4n) is 4.37. The van der Waals surface area contributed by atoms with Crippen LogP contribution in [0.2, 0.25) is 0 Å². The summed E-state index contributed by atoms with van der Waals surface area (Å²) in [5.74, 6) is -0.437. The number of halogens is 1. The molecular weight excluding hydrogens is 411 g/mol. The van der Waals surface area contributed by atoms with Gasteiger partial charge in [0.1, 0.15) is 17.5 Å². The lowest BCUT2D eigenvalue weighted by Crippen LogP contribution is -2.46. The average molecular weight is 441 g/mol. The van der Waals surface area contributed by atoms with Crippen LogP contribution in [-0.2, 0) is 20.7 Å². The van der Waals surface area contributed by atoms with Gasteiger partial charge in [0, 0.05) is 13.0 Å². The molecule has 0 spiro atoms. The number of carbonyl (C=O) groups is 2. The molecule has 3 atom stereocenters. The molecule has 0 saturated carbocycles. The molecule has 4 rings (SSSR count). The Morgan fingerprint density at radius 3 is 2.56 bits per heavy atom. The lowest BCUT2D eigenvalue weighted by atomic mass is 9.87. The van der Waals surface area contributed by atoms with Crippen molar-refractivity contribution in [2.24, 2.45) is 0 Å². The number of fused-ring (bicyclic) bond motifs is 1. The summed E-state index contributed by atoms with van der Waals surface area (Å²) in [4.78, 5) is 27.4. The third-order valence-electron chi connectivity index (χ3n) is 5.75. The molecule has 170 valence electrons. The maximum Gasteiger partial charge on any atom is 0.407 e. The van der Waals surface area contributed by atoms with E-state index in [4.69, 9.17) is 9.47 Å². The van der Waals surface area contributed by atoms with Gasteiger partial charge in [-0.3, -0.25) is 4.79 Å². The van der Waals surface area contributed by atoms with Crippen molar-refractivity contribution in [3.63, 3.8) is 0 Å². The number of carbonyl (C=O) groups excluding carboxylic acids is 2. The molecule has 2 aliphatic heterocycles. The first-order chi connectivity index (χ1) is 15.2. The second kappa shape index (κ2) is 8.90. The third kappa shape index (κ3) is 4.93. The monoisotopic (exact) mass is 440 g/mol. The molecular formula is C25H29FN2O4. The first-order valence-electron chi connectivity index (χ1n) is 11.0. The van der Waals surface area contributed by atoms with E-state index in [0.717, 1.165) is 17.5 Å². The van der Waals surface area contributed by atoms with Crippen molar-refractivity contribution < 1.29 is 23.5 Å². The number of hydrogen-bond donors (Lipinski definition) is 1. The minimum Gasteiger partial charge on any atom is -0.444 e.